The van der Waals surface area contributed by atoms with Crippen LogP contribution in [0.5, 0.6) is 0 Å². The number of aliphatic hydroxyl groups is 1. The largest absolute Gasteiger partial charge is 0.381 e. The Hall–Kier alpha value is -3.26. The van der Waals surface area contributed by atoms with Gasteiger partial charge in [-0.25, -0.2) is 8.42 Å². The van der Waals surface area contributed by atoms with Crippen LogP contribution < -0.4 is 0 Å². The number of hydrogen-bond donors (Lipinski definition) is 1. The smallest absolute Gasteiger partial charge is 0.254 e. The van der Waals surface area contributed by atoms with Gasteiger partial charge in [-0.15, -0.1) is 0 Å². The van der Waals surface area contributed by atoms with Crippen molar-refractivity contribution in [1.29, 1.82) is 0 Å². The fourth-order valence-corrected chi connectivity index (χ4v) is 6.14. The standard InChI is InChI=1S/C26H21ClN2O4S/c27-22-8-2-1-7-21(22)26(31)16-29(17-26)25(30)20-12-10-18(11-13-20)15-34(32,33)23-9-3-5-19-6-4-14-28-24(19)23/h1-14,31H,15-17H2. The second-order valence-electron chi connectivity index (χ2n) is 8.46. The molecule has 0 spiro atoms. The van der Waals surface area contributed by atoms with Gasteiger partial charge in [0.25, 0.3) is 5.91 Å². The molecule has 1 N–H and O–H groups in total. The lowest BCUT2D eigenvalue weighted by atomic mass is 9.85. The van der Waals surface area contributed by atoms with E-state index in [4.69, 9.17) is 11.6 Å². The minimum atomic E-state index is -3.64. The van der Waals surface area contributed by atoms with Gasteiger partial charge in [-0.3, -0.25) is 9.78 Å². The van der Waals surface area contributed by atoms with E-state index in [1.807, 2.05) is 12.1 Å². The van der Waals surface area contributed by atoms with Gasteiger partial charge in [0.2, 0.25) is 0 Å². The van der Waals surface area contributed by atoms with Gasteiger partial charge < -0.3 is 10.0 Å². The van der Waals surface area contributed by atoms with E-state index in [0.717, 1.165) is 5.39 Å². The van der Waals surface area contributed by atoms with E-state index >= 15 is 0 Å². The molecule has 0 bridgehead atoms. The van der Waals surface area contributed by atoms with Gasteiger partial charge in [-0.05, 0) is 35.9 Å². The fourth-order valence-electron chi connectivity index (χ4n) is 4.29. The molecule has 8 heteroatoms. The number of β-amino-alcohol motifs (C(OH)–C–C–N with tert-alkyl or cyclic N) is 1. The average Bonchev–Trinajstić information content (AvgIpc) is 2.82. The molecule has 172 valence electrons. The van der Waals surface area contributed by atoms with Crippen LogP contribution in [0, 0.1) is 0 Å². The summed E-state index contributed by atoms with van der Waals surface area (Å²) < 4.78 is 26.2. The molecule has 1 aliphatic rings. The predicted octanol–water partition coefficient (Wildman–Crippen LogP) is 4.21. The highest BCUT2D eigenvalue weighted by Crippen LogP contribution is 2.36. The molecule has 1 amide bonds. The van der Waals surface area contributed by atoms with Crippen molar-refractivity contribution in [1.82, 2.24) is 9.88 Å². The number of nitrogens with zero attached hydrogens (tertiary/aromatic N) is 2. The van der Waals surface area contributed by atoms with Gasteiger partial charge in [-0.2, -0.15) is 0 Å². The molecule has 0 atom stereocenters. The lowest BCUT2D eigenvalue weighted by molar-refractivity contribution is -0.0862. The van der Waals surface area contributed by atoms with Crippen molar-refractivity contribution in [2.45, 2.75) is 16.2 Å². The summed E-state index contributed by atoms with van der Waals surface area (Å²) in [7, 11) is -3.64. The number of carbonyl (C=O) groups excluding carboxylic acids is 1. The Kier molecular flexibility index (Phi) is 5.64. The predicted molar refractivity (Wildman–Crippen MR) is 130 cm³/mol. The molecule has 0 saturated carbocycles. The Morgan fingerprint density at radius 2 is 1.68 bits per heavy atom. The second-order valence-corrected chi connectivity index (χ2v) is 10.8. The molecule has 1 saturated heterocycles. The summed E-state index contributed by atoms with van der Waals surface area (Å²) in [4.78, 5) is 18.8. The number of carbonyl (C=O) groups is 1. The van der Waals surface area contributed by atoms with Crippen molar-refractivity contribution in [3.05, 3.63) is 107 Å². The van der Waals surface area contributed by atoms with Crippen LogP contribution in [0.25, 0.3) is 10.9 Å². The molecular formula is C26H21ClN2O4S. The first-order valence-corrected chi connectivity index (χ1v) is 12.7. The molecule has 4 aromatic rings. The van der Waals surface area contributed by atoms with Crippen molar-refractivity contribution in [3.63, 3.8) is 0 Å². The van der Waals surface area contributed by atoms with Crippen LogP contribution in [-0.2, 0) is 21.2 Å². The van der Waals surface area contributed by atoms with E-state index < -0.39 is 15.4 Å². The Labute approximate surface area is 202 Å². The summed E-state index contributed by atoms with van der Waals surface area (Å²) in [5.41, 5.74) is 0.869. The van der Waals surface area contributed by atoms with Gasteiger partial charge in [0, 0.05) is 27.7 Å². The normalized spacial score (nSPS) is 15.2. The summed E-state index contributed by atoms with van der Waals surface area (Å²) in [6, 6.07) is 22.2. The SMILES string of the molecule is O=C(c1ccc(CS(=O)(=O)c2cccc3cccnc23)cc1)N1CC(O)(c2ccccc2Cl)C1. The van der Waals surface area contributed by atoms with E-state index in [9.17, 15) is 18.3 Å². The van der Waals surface area contributed by atoms with Crippen LogP contribution in [0.4, 0.5) is 0 Å². The Bertz CT molecular complexity index is 1490. The number of pyridine rings is 1. The number of halogens is 1. The first-order chi connectivity index (χ1) is 16.3. The molecule has 0 radical (unpaired) electrons. The molecule has 3 aromatic carbocycles. The zero-order valence-corrected chi connectivity index (χ0v) is 19.6. The van der Waals surface area contributed by atoms with E-state index in [1.165, 1.54) is 4.90 Å². The van der Waals surface area contributed by atoms with E-state index in [2.05, 4.69) is 4.98 Å². The number of aromatic nitrogens is 1. The van der Waals surface area contributed by atoms with Crippen molar-refractivity contribution in [2.75, 3.05) is 13.1 Å². The number of amides is 1. The third-order valence-corrected chi connectivity index (χ3v) is 8.10. The first-order valence-electron chi connectivity index (χ1n) is 10.7. The highest BCUT2D eigenvalue weighted by Gasteiger charge is 2.46. The molecule has 34 heavy (non-hydrogen) atoms. The topological polar surface area (TPSA) is 87.6 Å². The van der Waals surface area contributed by atoms with E-state index in [1.54, 1.807) is 72.9 Å². The number of likely N-dealkylation sites (tertiary alicyclic amines) is 1. The zero-order valence-electron chi connectivity index (χ0n) is 18.1. The highest BCUT2D eigenvalue weighted by atomic mass is 35.5. The van der Waals surface area contributed by atoms with Crippen LogP contribution in [0.1, 0.15) is 21.5 Å². The first kappa shape index (κ1) is 22.5. The molecule has 6 nitrogen and oxygen atoms in total. The van der Waals surface area contributed by atoms with Crippen molar-refractivity contribution < 1.29 is 18.3 Å². The minimum Gasteiger partial charge on any atom is -0.381 e. The maximum atomic E-state index is 13.1. The van der Waals surface area contributed by atoms with Crippen LogP contribution in [0.2, 0.25) is 5.02 Å². The lowest BCUT2D eigenvalue weighted by Crippen LogP contribution is -2.61. The lowest BCUT2D eigenvalue weighted by Gasteiger charge is -2.47. The van der Waals surface area contributed by atoms with E-state index in [0.29, 0.717) is 27.2 Å². The highest BCUT2D eigenvalue weighted by molar-refractivity contribution is 7.90. The van der Waals surface area contributed by atoms with Crippen LogP contribution in [0.15, 0.2) is 90.0 Å². The van der Waals surface area contributed by atoms with Gasteiger partial charge in [-0.1, -0.05) is 60.1 Å². The van der Waals surface area contributed by atoms with Crippen molar-refractivity contribution in [2.24, 2.45) is 0 Å². The molecule has 0 aliphatic carbocycles. The molecular weight excluding hydrogens is 472 g/mol. The summed E-state index contributed by atoms with van der Waals surface area (Å²) in [6.45, 7) is 0.277. The number of fused-ring (bicyclic) bond motifs is 1. The number of hydrogen-bond acceptors (Lipinski definition) is 5. The Morgan fingerprint density at radius 1 is 0.971 bits per heavy atom. The molecule has 2 heterocycles. The van der Waals surface area contributed by atoms with Gasteiger partial charge in [0.1, 0.15) is 5.60 Å². The monoisotopic (exact) mass is 492 g/mol. The second kappa shape index (κ2) is 8.51. The minimum absolute atomic E-state index is 0.139. The Morgan fingerprint density at radius 3 is 2.41 bits per heavy atom. The van der Waals surface area contributed by atoms with Crippen LogP contribution >= 0.6 is 11.6 Å². The van der Waals surface area contributed by atoms with Crippen LogP contribution in [-0.4, -0.2) is 42.4 Å². The third-order valence-electron chi connectivity index (χ3n) is 6.06. The van der Waals surface area contributed by atoms with Gasteiger partial charge >= 0.3 is 0 Å². The van der Waals surface area contributed by atoms with Gasteiger partial charge in [0.15, 0.2) is 9.84 Å². The third kappa shape index (κ3) is 4.07. The summed E-state index contributed by atoms with van der Waals surface area (Å²) in [6.07, 6.45) is 1.57. The molecule has 1 fully saturated rings. The maximum absolute atomic E-state index is 13.1. The van der Waals surface area contributed by atoms with Crippen molar-refractivity contribution in [3.8, 4) is 0 Å². The number of benzene rings is 3. The molecule has 1 aliphatic heterocycles. The Balaban J connectivity index is 1.30. The molecule has 1 aromatic heterocycles. The maximum Gasteiger partial charge on any atom is 0.254 e. The zero-order chi connectivity index (χ0) is 23.9. The molecule has 0 unspecified atom stereocenters. The summed E-state index contributed by atoms with van der Waals surface area (Å²) in [5, 5.41) is 12.1. The van der Waals surface area contributed by atoms with E-state index in [-0.39, 0.29) is 29.6 Å². The number of sulfone groups is 1. The summed E-state index contributed by atoms with van der Waals surface area (Å²) in [5.74, 6) is -0.433. The van der Waals surface area contributed by atoms with Crippen LogP contribution in [0.3, 0.4) is 0 Å². The van der Waals surface area contributed by atoms with Gasteiger partial charge in [0.05, 0.1) is 29.3 Å². The average molecular weight is 493 g/mol. The summed E-state index contributed by atoms with van der Waals surface area (Å²) >= 11 is 6.20. The molecule has 5 rings (SSSR count). The number of rotatable bonds is 5. The number of para-hydroxylation sites is 1. The van der Waals surface area contributed by atoms with Crippen molar-refractivity contribution >= 4 is 38.2 Å². The quantitative estimate of drug-likeness (QED) is 0.451. The fraction of sp³-hybridized carbons (Fsp3) is 0.154.